The Bertz CT molecular complexity index is 1120. The second kappa shape index (κ2) is 12.3. The molecular formula is C25H31IN6. The lowest BCUT2D eigenvalue weighted by Crippen LogP contribution is -2.38. The van der Waals surface area contributed by atoms with Gasteiger partial charge in [0.05, 0.1) is 0 Å². The number of nitrogens with one attached hydrogen (secondary N) is 2. The Hall–Kier alpha value is -2.81. The molecule has 2 aromatic carbocycles. The molecule has 168 valence electrons. The first kappa shape index (κ1) is 23.8. The Morgan fingerprint density at radius 1 is 0.938 bits per heavy atom. The third-order valence-corrected chi connectivity index (χ3v) is 5.27. The lowest BCUT2D eigenvalue weighted by molar-refractivity contribution is 0.639. The van der Waals surface area contributed by atoms with E-state index in [4.69, 9.17) is 4.99 Å². The van der Waals surface area contributed by atoms with Crippen LogP contribution in [0.5, 0.6) is 0 Å². The summed E-state index contributed by atoms with van der Waals surface area (Å²) in [6, 6.07) is 21.1. The Labute approximate surface area is 206 Å². The van der Waals surface area contributed by atoms with E-state index in [9.17, 15) is 0 Å². The Balaban J connectivity index is 0.00000289. The van der Waals surface area contributed by atoms with Gasteiger partial charge in [0.1, 0.15) is 12.4 Å². The third kappa shape index (κ3) is 6.35. The number of imidazole rings is 1. The van der Waals surface area contributed by atoms with Gasteiger partial charge in [0.2, 0.25) is 0 Å². The maximum Gasteiger partial charge on any atom is 0.191 e. The Morgan fingerprint density at radius 2 is 1.75 bits per heavy atom. The van der Waals surface area contributed by atoms with Crippen molar-refractivity contribution in [1.82, 2.24) is 24.8 Å². The average molecular weight is 542 g/mol. The number of halogens is 1. The van der Waals surface area contributed by atoms with E-state index in [2.05, 4.69) is 92.5 Å². The van der Waals surface area contributed by atoms with Crippen LogP contribution in [0.25, 0.3) is 10.9 Å². The molecule has 0 radical (unpaired) electrons. The molecule has 0 spiro atoms. The molecule has 0 bridgehead atoms. The van der Waals surface area contributed by atoms with Gasteiger partial charge in [0.15, 0.2) is 5.96 Å². The van der Waals surface area contributed by atoms with Crippen molar-refractivity contribution in [2.24, 2.45) is 4.99 Å². The zero-order chi connectivity index (χ0) is 21.3. The van der Waals surface area contributed by atoms with Crippen molar-refractivity contribution in [3.8, 4) is 0 Å². The van der Waals surface area contributed by atoms with Crippen LogP contribution in [0.4, 0.5) is 0 Å². The first-order chi connectivity index (χ1) is 15.3. The van der Waals surface area contributed by atoms with E-state index in [0.717, 1.165) is 44.4 Å². The lowest BCUT2D eigenvalue weighted by atomic mass is 10.2. The molecule has 2 heterocycles. The van der Waals surface area contributed by atoms with Gasteiger partial charge in [-0.15, -0.1) is 24.0 Å². The number of benzene rings is 2. The fourth-order valence-corrected chi connectivity index (χ4v) is 3.70. The predicted octanol–water partition coefficient (Wildman–Crippen LogP) is 4.65. The standard InChI is InChI=1S/C25H30N6.HI/c1-2-26-25(28-14-8-16-30-17-13-22-11-6-7-12-23(22)30)29-19-24-27-15-18-31(24)20-21-9-4-3-5-10-21;/h3-7,9-13,15,17-18H,2,8,14,16,19-20H2,1H3,(H2,26,28,29);1H. The van der Waals surface area contributed by atoms with Crippen molar-refractivity contribution in [3.63, 3.8) is 0 Å². The molecular weight excluding hydrogens is 511 g/mol. The Kier molecular flexibility index (Phi) is 9.15. The summed E-state index contributed by atoms with van der Waals surface area (Å²) < 4.78 is 4.46. The summed E-state index contributed by atoms with van der Waals surface area (Å²) in [5, 5.41) is 8.07. The number of fused-ring (bicyclic) bond motifs is 1. The van der Waals surface area contributed by atoms with Crippen molar-refractivity contribution < 1.29 is 0 Å². The van der Waals surface area contributed by atoms with Crippen molar-refractivity contribution in [2.45, 2.75) is 33.0 Å². The van der Waals surface area contributed by atoms with E-state index < -0.39 is 0 Å². The van der Waals surface area contributed by atoms with E-state index in [0.29, 0.717) is 6.54 Å². The highest BCUT2D eigenvalue weighted by Gasteiger charge is 2.05. The van der Waals surface area contributed by atoms with Crippen LogP contribution in [0.1, 0.15) is 24.7 Å². The number of nitrogens with zero attached hydrogens (tertiary/aromatic N) is 4. The van der Waals surface area contributed by atoms with Crippen molar-refractivity contribution in [3.05, 3.63) is 90.6 Å². The van der Waals surface area contributed by atoms with Gasteiger partial charge in [-0.1, -0.05) is 48.5 Å². The summed E-state index contributed by atoms with van der Waals surface area (Å²) >= 11 is 0. The number of para-hydroxylation sites is 1. The minimum absolute atomic E-state index is 0. The monoisotopic (exact) mass is 542 g/mol. The maximum atomic E-state index is 4.75. The molecule has 0 amide bonds. The van der Waals surface area contributed by atoms with Gasteiger partial charge < -0.3 is 19.8 Å². The SMILES string of the molecule is CCNC(=NCc1nccn1Cc1ccccc1)NCCCn1ccc2ccccc21.I. The van der Waals surface area contributed by atoms with E-state index in [1.165, 1.54) is 16.5 Å². The van der Waals surface area contributed by atoms with Crippen LogP contribution in [-0.2, 0) is 19.6 Å². The van der Waals surface area contributed by atoms with Crippen LogP contribution in [-0.4, -0.2) is 33.2 Å². The van der Waals surface area contributed by atoms with Gasteiger partial charge in [-0.3, -0.25) is 0 Å². The minimum atomic E-state index is 0. The number of hydrogen-bond donors (Lipinski definition) is 2. The number of rotatable bonds is 9. The number of aryl methyl sites for hydroxylation is 1. The molecule has 2 aromatic heterocycles. The predicted molar refractivity (Wildman–Crippen MR) is 143 cm³/mol. The van der Waals surface area contributed by atoms with Crippen LogP contribution in [0.15, 0.2) is 84.2 Å². The van der Waals surface area contributed by atoms with Crippen molar-refractivity contribution in [2.75, 3.05) is 13.1 Å². The molecule has 4 aromatic rings. The van der Waals surface area contributed by atoms with Crippen LogP contribution >= 0.6 is 24.0 Å². The molecule has 0 aliphatic heterocycles. The molecule has 6 nitrogen and oxygen atoms in total. The highest BCUT2D eigenvalue weighted by atomic mass is 127. The van der Waals surface area contributed by atoms with E-state index in [1.807, 2.05) is 18.5 Å². The van der Waals surface area contributed by atoms with Crippen LogP contribution in [0.2, 0.25) is 0 Å². The smallest absolute Gasteiger partial charge is 0.191 e. The lowest BCUT2D eigenvalue weighted by Gasteiger charge is -2.12. The number of hydrogen-bond acceptors (Lipinski definition) is 2. The summed E-state index contributed by atoms with van der Waals surface area (Å²) in [5.74, 6) is 1.79. The van der Waals surface area contributed by atoms with Gasteiger partial charge in [0.25, 0.3) is 0 Å². The van der Waals surface area contributed by atoms with E-state index in [-0.39, 0.29) is 24.0 Å². The highest BCUT2D eigenvalue weighted by molar-refractivity contribution is 14.0. The molecule has 0 fully saturated rings. The van der Waals surface area contributed by atoms with Gasteiger partial charge in [-0.2, -0.15) is 0 Å². The van der Waals surface area contributed by atoms with Gasteiger partial charge in [0, 0.05) is 50.3 Å². The summed E-state index contributed by atoms with van der Waals surface area (Å²) in [5.41, 5.74) is 2.54. The van der Waals surface area contributed by atoms with Gasteiger partial charge in [-0.05, 0) is 36.4 Å². The van der Waals surface area contributed by atoms with Crippen LogP contribution < -0.4 is 10.6 Å². The fraction of sp³-hybridized carbons (Fsp3) is 0.280. The van der Waals surface area contributed by atoms with Crippen LogP contribution in [0.3, 0.4) is 0 Å². The summed E-state index contributed by atoms with van der Waals surface area (Å²) in [6.07, 6.45) is 7.04. The summed E-state index contributed by atoms with van der Waals surface area (Å²) in [6.45, 7) is 6.09. The first-order valence-electron chi connectivity index (χ1n) is 10.9. The molecule has 2 N–H and O–H groups in total. The minimum Gasteiger partial charge on any atom is -0.357 e. The van der Waals surface area contributed by atoms with Gasteiger partial charge in [-0.25, -0.2) is 9.98 Å². The van der Waals surface area contributed by atoms with E-state index in [1.54, 1.807) is 0 Å². The first-order valence-corrected chi connectivity index (χ1v) is 10.9. The number of guanidine groups is 1. The van der Waals surface area contributed by atoms with Crippen molar-refractivity contribution >= 4 is 40.8 Å². The van der Waals surface area contributed by atoms with E-state index >= 15 is 0 Å². The zero-order valence-electron chi connectivity index (χ0n) is 18.4. The topological polar surface area (TPSA) is 59.2 Å². The van der Waals surface area contributed by atoms with Crippen molar-refractivity contribution in [1.29, 1.82) is 0 Å². The average Bonchev–Trinajstić information content (AvgIpc) is 3.42. The Morgan fingerprint density at radius 3 is 2.59 bits per heavy atom. The van der Waals surface area contributed by atoms with Crippen LogP contribution in [0, 0.1) is 0 Å². The molecule has 4 rings (SSSR count). The molecule has 0 aliphatic rings. The van der Waals surface area contributed by atoms with Gasteiger partial charge >= 0.3 is 0 Å². The third-order valence-electron chi connectivity index (χ3n) is 5.27. The maximum absolute atomic E-state index is 4.75. The fourth-order valence-electron chi connectivity index (χ4n) is 3.70. The molecule has 0 saturated heterocycles. The number of aliphatic imine (C=N–C) groups is 1. The molecule has 0 aliphatic carbocycles. The molecule has 0 saturated carbocycles. The molecule has 7 heteroatoms. The molecule has 0 unspecified atom stereocenters. The zero-order valence-corrected chi connectivity index (χ0v) is 20.8. The number of aromatic nitrogens is 3. The largest absolute Gasteiger partial charge is 0.357 e. The highest BCUT2D eigenvalue weighted by Crippen LogP contribution is 2.15. The second-order valence-electron chi connectivity index (χ2n) is 7.50. The molecule has 32 heavy (non-hydrogen) atoms. The second-order valence-corrected chi connectivity index (χ2v) is 7.50. The summed E-state index contributed by atoms with van der Waals surface area (Å²) in [7, 11) is 0. The summed E-state index contributed by atoms with van der Waals surface area (Å²) in [4.78, 5) is 9.25. The molecule has 0 atom stereocenters. The normalized spacial score (nSPS) is 11.3. The quantitative estimate of drug-likeness (QED) is 0.140.